The number of rotatable bonds is 3. The van der Waals surface area contributed by atoms with Crippen molar-refractivity contribution in [3.8, 4) is 11.4 Å². The van der Waals surface area contributed by atoms with E-state index >= 15 is 0 Å². The van der Waals surface area contributed by atoms with Crippen molar-refractivity contribution in [1.29, 1.82) is 0 Å². The minimum Gasteiger partial charge on any atom is -0.443 e. The number of aromatic nitrogens is 4. The summed E-state index contributed by atoms with van der Waals surface area (Å²) < 4.78 is 49.9. The van der Waals surface area contributed by atoms with Crippen LogP contribution in [0.2, 0.25) is 0 Å². The maximum atomic E-state index is 13.1. The molecule has 0 saturated carbocycles. The van der Waals surface area contributed by atoms with Crippen molar-refractivity contribution in [2.45, 2.75) is 19.0 Å². The Hall–Kier alpha value is -2.95. The minimum atomic E-state index is -4.16. The monoisotopic (exact) mass is 434 g/mol. The number of alkyl halides is 3. The van der Waals surface area contributed by atoms with Gasteiger partial charge in [-0.05, 0) is 31.0 Å². The maximum Gasteiger partial charge on any atom is 0.391 e. The van der Waals surface area contributed by atoms with Gasteiger partial charge in [-0.25, -0.2) is 4.98 Å². The lowest BCUT2D eigenvalue weighted by atomic mass is 9.96. The van der Waals surface area contributed by atoms with Crippen LogP contribution in [0.4, 0.5) is 25.1 Å². The Labute approximate surface area is 176 Å². The van der Waals surface area contributed by atoms with Crippen LogP contribution in [0.5, 0.6) is 0 Å². The molecule has 0 amide bonds. The highest BCUT2D eigenvalue weighted by Crippen LogP contribution is 2.35. The van der Waals surface area contributed by atoms with Crippen LogP contribution in [0.3, 0.4) is 0 Å². The molecule has 2 fully saturated rings. The number of benzene rings is 1. The number of fused-ring (bicyclic) bond motifs is 1. The summed E-state index contributed by atoms with van der Waals surface area (Å²) in [4.78, 5) is 21.9. The number of hydrogen-bond donors (Lipinski definition) is 0. The predicted molar refractivity (Wildman–Crippen MR) is 107 cm³/mol. The van der Waals surface area contributed by atoms with Crippen molar-refractivity contribution in [2.24, 2.45) is 5.92 Å². The van der Waals surface area contributed by atoms with E-state index in [0.717, 1.165) is 5.56 Å². The van der Waals surface area contributed by atoms with Crippen molar-refractivity contribution in [2.75, 3.05) is 49.2 Å². The van der Waals surface area contributed by atoms with E-state index in [-0.39, 0.29) is 25.9 Å². The Kier molecular flexibility index (Phi) is 5.12. The number of morpholine rings is 1. The summed E-state index contributed by atoms with van der Waals surface area (Å²) in [6.45, 7) is 2.91. The zero-order valence-electron chi connectivity index (χ0n) is 16.7. The van der Waals surface area contributed by atoms with Gasteiger partial charge in [0.25, 0.3) is 0 Å². The standard InChI is InChI=1S/C20H21F3N6O2/c21-20(22,23)14-3-5-28(6-4-14)18-25-17(13-1-2-16-15(11-13)24-12-31-16)26-19(27-18)29-7-9-30-10-8-29/h1-2,11-12,14H,3-10H2. The predicted octanol–water partition coefficient (Wildman–Crippen LogP) is 3.30. The van der Waals surface area contributed by atoms with E-state index in [4.69, 9.17) is 9.15 Å². The number of nitrogens with zero attached hydrogens (tertiary/aromatic N) is 6. The van der Waals surface area contributed by atoms with Gasteiger partial charge in [0, 0.05) is 31.7 Å². The normalized spacial score (nSPS) is 18.7. The van der Waals surface area contributed by atoms with E-state index in [2.05, 4.69) is 19.9 Å². The molecule has 2 aliphatic heterocycles. The van der Waals surface area contributed by atoms with E-state index in [0.29, 0.717) is 55.1 Å². The third-order valence-electron chi connectivity index (χ3n) is 5.74. The van der Waals surface area contributed by atoms with E-state index in [1.54, 1.807) is 6.07 Å². The molecule has 5 rings (SSSR count). The number of piperidine rings is 1. The molecule has 0 spiro atoms. The van der Waals surface area contributed by atoms with Crippen LogP contribution >= 0.6 is 0 Å². The molecule has 0 aliphatic carbocycles. The molecule has 8 nitrogen and oxygen atoms in total. The van der Waals surface area contributed by atoms with E-state index in [9.17, 15) is 13.2 Å². The summed E-state index contributed by atoms with van der Waals surface area (Å²) in [7, 11) is 0. The van der Waals surface area contributed by atoms with Gasteiger partial charge in [0.05, 0.1) is 19.1 Å². The van der Waals surface area contributed by atoms with Gasteiger partial charge in [-0.3, -0.25) is 0 Å². The molecular formula is C20H21F3N6O2. The van der Waals surface area contributed by atoms with Gasteiger partial charge in [0.2, 0.25) is 11.9 Å². The van der Waals surface area contributed by atoms with Crippen LogP contribution in [-0.2, 0) is 4.74 Å². The van der Waals surface area contributed by atoms with Gasteiger partial charge < -0.3 is 19.0 Å². The lowest BCUT2D eigenvalue weighted by Gasteiger charge is -2.33. The topological polar surface area (TPSA) is 80.4 Å². The molecule has 0 radical (unpaired) electrons. The van der Waals surface area contributed by atoms with Crippen LogP contribution < -0.4 is 9.80 Å². The highest BCUT2D eigenvalue weighted by molar-refractivity contribution is 5.78. The fraction of sp³-hybridized carbons (Fsp3) is 0.500. The first-order valence-electron chi connectivity index (χ1n) is 10.2. The van der Waals surface area contributed by atoms with E-state index in [1.807, 2.05) is 21.9 Å². The fourth-order valence-corrected chi connectivity index (χ4v) is 3.93. The highest BCUT2D eigenvalue weighted by Gasteiger charge is 2.41. The smallest absolute Gasteiger partial charge is 0.391 e. The number of anilines is 2. The Bertz CT molecular complexity index is 1060. The van der Waals surface area contributed by atoms with Crippen molar-refractivity contribution in [3.63, 3.8) is 0 Å². The van der Waals surface area contributed by atoms with Crippen molar-refractivity contribution in [3.05, 3.63) is 24.6 Å². The lowest BCUT2D eigenvalue weighted by molar-refractivity contribution is -0.179. The molecule has 11 heteroatoms. The molecule has 4 heterocycles. The van der Waals surface area contributed by atoms with Crippen molar-refractivity contribution >= 4 is 23.0 Å². The minimum absolute atomic E-state index is 0.0301. The second-order valence-electron chi connectivity index (χ2n) is 7.70. The molecule has 1 aromatic carbocycles. The average Bonchev–Trinajstić information content (AvgIpc) is 3.27. The van der Waals surface area contributed by atoms with Gasteiger partial charge in [-0.2, -0.15) is 28.1 Å². The molecule has 3 aromatic rings. The first-order chi connectivity index (χ1) is 15.0. The number of hydrogen-bond acceptors (Lipinski definition) is 8. The Morgan fingerprint density at radius 2 is 1.58 bits per heavy atom. The number of halogens is 3. The summed E-state index contributed by atoms with van der Waals surface area (Å²) in [5.41, 5.74) is 2.07. The summed E-state index contributed by atoms with van der Waals surface area (Å²) in [6, 6.07) is 5.47. The highest BCUT2D eigenvalue weighted by atomic mass is 19.4. The van der Waals surface area contributed by atoms with Crippen LogP contribution in [-0.4, -0.2) is 65.5 Å². The molecule has 0 atom stereocenters. The Morgan fingerprint density at radius 1 is 0.903 bits per heavy atom. The molecule has 0 unspecified atom stereocenters. The zero-order valence-corrected chi connectivity index (χ0v) is 16.7. The van der Waals surface area contributed by atoms with Gasteiger partial charge >= 0.3 is 6.18 Å². The molecule has 2 aromatic heterocycles. The first kappa shape index (κ1) is 20.0. The van der Waals surface area contributed by atoms with Crippen LogP contribution in [0.15, 0.2) is 29.0 Å². The third kappa shape index (κ3) is 4.14. The van der Waals surface area contributed by atoms with Crippen molar-refractivity contribution < 1.29 is 22.3 Å². The summed E-state index contributed by atoms with van der Waals surface area (Å²) in [5, 5.41) is 0. The van der Waals surface area contributed by atoms with Crippen LogP contribution in [0, 0.1) is 5.92 Å². The lowest BCUT2D eigenvalue weighted by Crippen LogP contribution is -2.41. The zero-order chi connectivity index (χ0) is 21.4. The van der Waals surface area contributed by atoms with E-state index in [1.165, 1.54) is 6.39 Å². The number of oxazole rings is 1. The van der Waals surface area contributed by atoms with Gasteiger partial charge in [0.15, 0.2) is 17.8 Å². The molecule has 31 heavy (non-hydrogen) atoms. The number of ether oxygens (including phenoxy) is 1. The summed E-state index contributed by atoms with van der Waals surface area (Å²) >= 11 is 0. The Balaban J connectivity index is 1.49. The van der Waals surface area contributed by atoms with Gasteiger partial charge in [0.1, 0.15) is 5.52 Å². The molecule has 2 saturated heterocycles. The molecular weight excluding hydrogens is 413 g/mol. The van der Waals surface area contributed by atoms with Gasteiger partial charge in [-0.1, -0.05) is 0 Å². The summed E-state index contributed by atoms with van der Waals surface area (Å²) in [6.07, 6.45) is -2.73. The Morgan fingerprint density at radius 3 is 2.26 bits per heavy atom. The third-order valence-corrected chi connectivity index (χ3v) is 5.74. The molecule has 2 aliphatic rings. The fourth-order valence-electron chi connectivity index (χ4n) is 3.93. The van der Waals surface area contributed by atoms with Crippen LogP contribution in [0.1, 0.15) is 12.8 Å². The van der Waals surface area contributed by atoms with Crippen molar-refractivity contribution in [1.82, 2.24) is 19.9 Å². The molecule has 0 N–H and O–H groups in total. The molecule has 164 valence electrons. The SMILES string of the molecule is FC(F)(F)C1CCN(c2nc(-c3ccc4ocnc4c3)nc(N3CCOCC3)n2)CC1. The van der Waals surface area contributed by atoms with Crippen LogP contribution in [0.25, 0.3) is 22.5 Å². The summed E-state index contributed by atoms with van der Waals surface area (Å²) in [5.74, 6) is 0.0709. The second kappa shape index (κ2) is 7.95. The quantitative estimate of drug-likeness (QED) is 0.621. The largest absolute Gasteiger partial charge is 0.443 e. The van der Waals surface area contributed by atoms with Gasteiger partial charge in [-0.15, -0.1) is 0 Å². The van der Waals surface area contributed by atoms with E-state index < -0.39 is 12.1 Å². The first-order valence-corrected chi connectivity index (χ1v) is 10.2. The average molecular weight is 434 g/mol. The molecule has 0 bridgehead atoms. The maximum absolute atomic E-state index is 13.1. The second-order valence-corrected chi connectivity index (χ2v) is 7.70.